The molecule has 0 saturated carbocycles. The van der Waals surface area contributed by atoms with Crippen LogP contribution in [0.4, 0.5) is 0 Å². The van der Waals surface area contributed by atoms with Gasteiger partial charge in [-0.2, -0.15) is 0 Å². The first-order chi connectivity index (χ1) is 16.0. The van der Waals surface area contributed by atoms with Crippen LogP contribution in [0.5, 0.6) is 0 Å². The number of aromatic amines is 1. The van der Waals surface area contributed by atoms with E-state index in [1.807, 2.05) is 24.3 Å². The molecule has 3 amide bonds. The Balaban J connectivity index is 2.12. The summed E-state index contributed by atoms with van der Waals surface area (Å²) in [5.41, 5.74) is 7.22. The Morgan fingerprint density at radius 1 is 0.941 bits per heavy atom. The molecule has 12 nitrogen and oxygen atoms in total. The lowest BCUT2D eigenvalue weighted by Gasteiger charge is -2.23. The van der Waals surface area contributed by atoms with Crippen LogP contribution in [0.25, 0.3) is 10.9 Å². The minimum Gasteiger partial charge on any atom is -0.481 e. The van der Waals surface area contributed by atoms with E-state index < -0.39 is 53.8 Å². The van der Waals surface area contributed by atoms with Gasteiger partial charge >= 0.3 is 11.9 Å². The molecule has 2 rings (SSSR count). The number of benzene rings is 1. The first-order valence-electron chi connectivity index (χ1n) is 10.7. The fourth-order valence-corrected chi connectivity index (χ4v) is 3.20. The molecule has 0 aliphatic heterocycles. The number of para-hydroxylation sites is 1. The highest BCUT2D eigenvalue weighted by Crippen LogP contribution is 2.19. The van der Waals surface area contributed by atoms with Crippen LogP contribution in [0.1, 0.15) is 32.3 Å². The summed E-state index contributed by atoms with van der Waals surface area (Å²) in [7, 11) is 0. The SMILES string of the molecule is CC(NC(=O)C(Cc1c[nH]c2ccccc12)NC(=O)C(C)NC(=O)C(N)CCC(=O)O)C(=O)O. The molecule has 1 heterocycles. The Morgan fingerprint density at radius 3 is 2.24 bits per heavy atom. The number of nitrogens with two attached hydrogens (primary N) is 1. The number of carbonyl (C=O) groups is 5. The van der Waals surface area contributed by atoms with E-state index in [0.717, 1.165) is 16.5 Å². The molecule has 0 saturated heterocycles. The van der Waals surface area contributed by atoms with Gasteiger partial charge in [-0.3, -0.25) is 24.0 Å². The van der Waals surface area contributed by atoms with Crippen LogP contribution in [0, 0.1) is 0 Å². The standard InChI is InChI=1S/C22H29N5O7/c1-11(25-20(31)15(23)7-8-18(28)29)19(30)27-17(21(32)26-12(2)22(33)34)9-13-10-24-16-6-4-3-5-14(13)16/h3-6,10-12,15,17,24H,7-9,23H2,1-2H3,(H,25,31)(H,26,32)(H,27,30)(H,28,29)(H,33,34). The number of aliphatic carboxylic acids is 2. The molecule has 184 valence electrons. The highest BCUT2D eigenvalue weighted by atomic mass is 16.4. The maximum Gasteiger partial charge on any atom is 0.325 e. The molecule has 1 aromatic heterocycles. The summed E-state index contributed by atoms with van der Waals surface area (Å²) in [5, 5.41) is 25.9. The number of aromatic nitrogens is 1. The van der Waals surface area contributed by atoms with Crippen molar-refractivity contribution in [3.63, 3.8) is 0 Å². The smallest absolute Gasteiger partial charge is 0.325 e. The Labute approximate surface area is 195 Å². The molecule has 0 aliphatic carbocycles. The van der Waals surface area contributed by atoms with Gasteiger partial charge in [0.15, 0.2) is 0 Å². The van der Waals surface area contributed by atoms with Crippen molar-refractivity contribution in [1.82, 2.24) is 20.9 Å². The maximum absolute atomic E-state index is 12.8. The van der Waals surface area contributed by atoms with Gasteiger partial charge in [-0.25, -0.2) is 0 Å². The van der Waals surface area contributed by atoms with E-state index in [1.165, 1.54) is 13.8 Å². The van der Waals surface area contributed by atoms with E-state index in [4.69, 9.17) is 15.9 Å². The van der Waals surface area contributed by atoms with E-state index in [-0.39, 0.29) is 19.3 Å². The molecule has 0 fully saturated rings. The zero-order chi connectivity index (χ0) is 25.4. The highest BCUT2D eigenvalue weighted by molar-refractivity contribution is 5.94. The molecule has 2 aromatic rings. The number of H-pyrrole nitrogens is 1. The van der Waals surface area contributed by atoms with Crippen molar-refractivity contribution >= 4 is 40.6 Å². The van der Waals surface area contributed by atoms with Gasteiger partial charge < -0.3 is 36.9 Å². The first-order valence-corrected chi connectivity index (χ1v) is 10.7. The Hall–Kier alpha value is -3.93. The van der Waals surface area contributed by atoms with Gasteiger partial charge in [0.25, 0.3) is 0 Å². The van der Waals surface area contributed by atoms with Gasteiger partial charge in [0.2, 0.25) is 17.7 Å². The zero-order valence-electron chi connectivity index (χ0n) is 18.8. The molecule has 4 atom stereocenters. The Morgan fingerprint density at radius 2 is 1.59 bits per heavy atom. The maximum atomic E-state index is 12.8. The second-order valence-corrected chi connectivity index (χ2v) is 7.96. The van der Waals surface area contributed by atoms with Crippen LogP contribution in [0.3, 0.4) is 0 Å². The normalized spacial score (nSPS) is 14.4. The molecule has 0 aliphatic rings. The third-order valence-electron chi connectivity index (χ3n) is 5.22. The van der Waals surface area contributed by atoms with Gasteiger partial charge in [0.05, 0.1) is 6.04 Å². The molecule has 34 heavy (non-hydrogen) atoms. The lowest BCUT2D eigenvalue weighted by molar-refractivity contribution is -0.142. The van der Waals surface area contributed by atoms with Crippen molar-refractivity contribution in [2.24, 2.45) is 5.73 Å². The van der Waals surface area contributed by atoms with Crippen LogP contribution < -0.4 is 21.7 Å². The van der Waals surface area contributed by atoms with Crippen molar-refractivity contribution in [3.8, 4) is 0 Å². The van der Waals surface area contributed by atoms with Crippen molar-refractivity contribution < 1.29 is 34.2 Å². The number of amides is 3. The molecule has 0 bridgehead atoms. The number of carboxylic acids is 2. The second kappa shape index (κ2) is 11.8. The second-order valence-electron chi connectivity index (χ2n) is 7.96. The first kappa shape index (κ1) is 26.3. The van der Waals surface area contributed by atoms with Crippen LogP contribution in [0.2, 0.25) is 0 Å². The summed E-state index contributed by atoms with van der Waals surface area (Å²) in [6.45, 7) is 2.68. The summed E-state index contributed by atoms with van der Waals surface area (Å²) in [6.07, 6.45) is 1.36. The molecule has 1 aromatic carbocycles. The third kappa shape index (κ3) is 7.30. The zero-order valence-corrected chi connectivity index (χ0v) is 18.8. The van der Waals surface area contributed by atoms with Crippen molar-refractivity contribution in [2.75, 3.05) is 0 Å². The van der Waals surface area contributed by atoms with Crippen LogP contribution >= 0.6 is 0 Å². The number of carboxylic acid groups (broad SMARTS) is 2. The average molecular weight is 476 g/mol. The lowest BCUT2D eigenvalue weighted by atomic mass is 10.0. The van der Waals surface area contributed by atoms with Crippen molar-refractivity contribution in [3.05, 3.63) is 36.0 Å². The number of carbonyl (C=O) groups excluding carboxylic acids is 3. The lowest BCUT2D eigenvalue weighted by Crippen LogP contribution is -2.56. The van der Waals surface area contributed by atoms with Gasteiger partial charge in [0, 0.05) is 29.9 Å². The highest BCUT2D eigenvalue weighted by Gasteiger charge is 2.28. The van der Waals surface area contributed by atoms with E-state index >= 15 is 0 Å². The summed E-state index contributed by atoms with van der Waals surface area (Å²) >= 11 is 0. The largest absolute Gasteiger partial charge is 0.481 e. The molecule has 8 N–H and O–H groups in total. The number of hydrogen-bond donors (Lipinski definition) is 7. The number of nitrogens with one attached hydrogen (secondary N) is 4. The predicted molar refractivity (Wildman–Crippen MR) is 122 cm³/mol. The molecule has 12 heteroatoms. The van der Waals surface area contributed by atoms with E-state index in [0.29, 0.717) is 0 Å². The van der Waals surface area contributed by atoms with E-state index in [9.17, 15) is 24.0 Å². The van der Waals surface area contributed by atoms with Crippen molar-refractivity contribution in [1.29, 1.82) is 0 Å². The molecule has 0 spiro atoms. The molecular weight excluding hydrogens is 446 g/mol. The number of fused-ring (bicyclic) bond motifs is 1. The van der Waals surface area contributed by atoms with Crippen molar-refractivity contribution in [2.45, 2.75) is 57.3 Å². The summed E-state index contributed by atoms with van der Waals surface area (Å²) in [4.78, 5) is 62.6. The van der Waals surface area contributed by atoms with Gasteiger partial charge in [-0.15, -0.1) is 0 Å². The van der Waals surface area contributed by atoms with Crippen LogP contribution in [0.15, 0.2) is 30.5 Å². The monoisotopic (exact) mass is 475 g/mol. The minimum absolute atomic E-state index is 0.0622. The fraction of sp³-hybridized carbons (Fsp3) is 0.409. The van der Waals surface area contributed by atoms with E-state index in [2.05, 4.69) is 20.9 Å². The summed E-state index contributed by atoms with van der Waals surface area (Å²) < 4.78 is 0. The quantitative estimate of drug-likeness (QED) is 0.212. The predicted octanol–water partition coefficient (Wildman–Crippen LogP) is -0.519. The summed E-state index contributed by atoms with van der Waals surface area (Å²) in [5.74, 6) is -4.44. The van der Waals surface area contributed by atoms with Gasteiger partial charge in [0.1, 0.15) is 18.1 Å². The molecule has 0 radical (unpaired) electrons. The Bertz CT molecular complexity index is 1070. The minimum atomic E-state index is -1.23. The number of rotatable bonds is 12. The molecular formula is C22H29N5O7. The molecule has 4 unspecified atom stereocenters. The topological polar surface area (TPSA) is 204 Å². The number of hydrogen-bond acceptors (Lipinski definition) is 6. The van der Waals surface area contributed by atoms with Gasteiger partial charge in [-0.1, -0.05) is 18.2 Å². The summed E-state index contributed by atoms with van der Waals surface area (Å²) in [6, 6.07) is 2.85. The van der Waals surface area contributed by atoms with Crippen LogP contribution in [-0.4, -0.2) is 69.0 Å². The van der Waals surface area contributed by atoms with E-state index in [1.54, 1.807) is 6.20 Å². The third-order valence-corrected chi connectivity index (χ3v) is 5.22. The average Bonchev–Trinajstić information content (AvgIpc) is 3.19. The Kier molecular flexibility index (Phi) is 9.13. The van der Waals surface area contributed by atoms with Crippen LogP contribution in [-0.2, 0) is 30.4 Å². The van der Waals surface area contributed by atoms with Gasteiger partial charge in [-0.05, 0) is 31.9 Å². The fourth-order valence-electron chi connectivity index (χ4n) is 3.20.